The van der Waals surface area contributed by atoms with Crippen molar-refractivity contribution in [3.8, 4) is 0 Å². The van der Waals surface area contributed by atoms with Crippen molar-refractivity contribution in [2.24, 2.45) is 5.92 Å². The molecule has 42 heavy (non-hydrogen) atoms. The number of nitrogens with one attached hydrogen (secondary N) is 1. The third kappa shape index (κ3) is 5.43. The van der Waals surface area contributed by atoms with Gasteiger partial charge in [-0.1, -0.05) is 0 Å². The molecule has 1 aromatic carbocycles. The number of amides is 4. The summed E-state index contributed by atoms with van der Waals surface area (Å²) in [5.74, 6) is -0.557. The third-order valence-electron chi connectivity index (χ3n) is 8.90. The van der Waals surface area contributed by atoms with Gasteiger partial charge in [-0.25, -0.2) is 4.98 Å². The molecule has 0 radical (unpaired) electrons. The van der Waals surface area contributed by atoms with E-state index >= 15 is 0 Å². The SMILES string of the molecule is O=C1CCC(N2C(=O)c3ccc(N4CCN(CCC5CCN(c6ccc([N+](=O)[O-])cn6)CC5)CC4)cc3C2=O)C(=O)N1. The van der Waals surface area contributed by atoms with Gasteiger partial charge in [-0.2, -0.15) is 0 Å². The Balaban J connectivity index is 0.977. The van der Waals surface area contributed by atoms with Crippen LogP contribution in [-0.4, -0.2) is 95.2 Å². The average Bonchev–Trinajstić information content (AvgIpc) is 3.25. The number of aromatic nitrogens is 1. The van der Waals surface area contributed by atoms with E-state index in [4.69, 9.17) is 0 Å². The molecule has 5 heterocycles. The summed E-state index contributed by atoms with van der Waals surface area (Å²) >= 11 is 0. The Morgan fingerprint density at radius 1 is 0.881 bits per heavy atom. The summed E-state index contributed by atoms with van der Waals surface area (Å²) in [4.78, 5) is 72.6. The van der Waals surface area contributed by atoms with Crippen LogP contribution >= 0.6 is 0 Å². The molecule has 0 saturated carbocycles. The van der Waals surface area contributed by atoms with Gasteiger partial charge in [-0.15, -0.1) is 0 Å². The van der Waals surface area contributed by atoms with Crippen LogP contribution in [0.15, 0.2) is 36.5 Å². The van der Waals surface area contributed by atoms with E-state index in [2.05, 4.69) is 25.0 Å². The molecular weight excluding hydrogens is 542 g/mol. The number of piperidine rings is 2. The summed E-state index contributed by atoms with van der Waals surface area (Å²) in [6.45, 7) is 6.22. The summed E-state index contributed by atoms with van der Waals surface area (Å²) in [7, 11) is 0. The number of anilines is 2. The zero-order chi connectivity index (χ0) is 29.4. The molecule has 220 valence electrons. The summed E-state index contributed by atoms with van der Waals surface area (Å²) in [6, 6.07) is 7.55. The Labute approximate surface area is 242 Å². The van der Waals surface area contributed by atoms with Crippen LogP contribution in [-0.2, 0) is 9.59 Å². The minimum atomic E-state index is -0.965. The number of hydrogen-bond acceptors (Lipinski definition) is 10. The van der Waals surface area contributed by atoms with Crippen LogP contribution in [0.5, 0.6) is 0 Å². The summed E-state index contributed by atoms with van der Waals surface area (Å²) in [6.07, 6.45) is 4.80. The van der Waals surface area contributed by atoms with Gasteiger partial charge < -0.3 is 9.80 Å². The van der Waals surface area contributed by atoms with Gasteiger partial charge in [0.25, 0.3) is 17.5 Å². The monoisotopic (exact) mass is 575 g/mol. The van der Waals surface area contributed by atoms with Gasteiger partial charge in [-0.3, -0.25) is 44.4 Å². The van der Waals surface area contributed by atoms with E-state index in [-0.39, 0.29) is 18.5 Å². The number of benzene rings is 1. The molecule has 4 aliphatic heterocycles. The number of fused-ring (bicyclic) bond motifs is 1. The Bertz CT molecular complexity index is 1410. The highest BCUT2D eigenvalue weighted by molar-refractivity contribution is 6.23. The number of hydrogen-bond donors (Lipinski definition) is 1. The Morgan fingerprint density at radius 3 is 2.29 bits per heavy atom. The fraction of sp³-hybridized carbons (Fsp3) is 0.483. The first-order valence-electron chi connectivity index (χ1n) is 14.5. The maximum Gasteiger partial charge on any atom is 0.287 e. The molecule has 0 spiro atoms. The van der Waals surface area contributed by atoms with Crippen molar-refractivity contribution in [1.29, 1.82) is 0 Å². The minimum Gasteiger partial charge on any atom is -0.369 e. The predicted molar refractivity (Wildman–Crippen MR) is 152 cm³/mol. The van der Waals surface area contributed by atoms with E-state index in [1.54, 1.807) is 18.2 Å². The van der Waals surface area contributed by atoms with Gasteiger partial charge in [-0.05, 0) is 62.4 Å². The van der Waals surface area contributed by atoms with Crippen molar-refractivity contribution < 1.29 is 24.1 Å². The van der Waals surface area contributed by atoms with Crippen molar-refractivity contribution in [3.05, 3.63) is 57.8 Å². The van der Waals surface area contributed by atoms with E-state index in [9.17, 15) is 29.3 Å². The molecule has 13 heteroatoms. The average molecular weight is 576 g/mol. The molecule has 13 nitrogen and oxygen atoms in total. The number of rotatable bonds is 7. The minimum absolute atomic E-state index is 0.00456. The van der Waals surface area contributed by atoms with E-state index in [1.807, 2.05) is 6.07 Å². The largest absolute Gasteiger partial charge is 0.369 e. The normalized spacial score (nSPS) is 22.0. The quantitative estimate of drug-likeness (QED) is 0.294. The highest BCUT2D eigenvalue weighted by atomic mass is 16.6. The Hall–Kier alpha value is -4.39. The highest BCUT2D eigenvalue weighted by Gasteiger charge is 2.44. The molecule has 6 rings (SSSR count). The van der Waals surface area contributed by atoms with Crippen molar-refractivity contribution in [1.82, 2.24) is 20.1 Å². The second kappa shape index (κ2) is 11.5. The van der Waals surface area contributed by atoms with Crippen LogP contribution in [0.25, 0.3) is 0 Å². The fourth-order valence-electron chi connectivity index (χ4n) is 6.37. The first-order chi connectivity index (χ1) is 20.3. The number of pyridine rings is 1. The molecule has 1 unspecified atom stereocenters. The predicted octanol–water partition coefficient (Wildman–Crippen LogP) is 1.82. The van der Waals surface area contributed by atoms with E-state index in [1.165, 1.54) is 12.3 Å². The molecule has 4 amide bonds. The van der Waals surface area contributed by atoms with Crippen molar-refractivity contribution in [3.63, 3.8) is 0 Å². The molecule has 2 aromatic rings. The van der Waals surface area contributed by atoms with Crippen LogP contribution < -0.4 is 15.1 Å². The van der Waals surface area contributed by atoms with Gasteiger partial charge in [0.2, 0.25) is 11.8 Å². The summed E-state index contributed by atoms with van der Waals surface area (Å²) < 4.78 is 0. The Morgan fingerprint density at radius 2 is 1.62 bits per heavy atom. The lowest BCUT2D eigenvalue weighted by Gasteiger charge is -2.38. The van der Waals surface area contributed by atoms with E-state index in [0.29, 0.717) is 17.0 Å². The number of nitro groups is 1. The zero-order valence-electron chi connectivity index (χ0n) is 23.2. The van der Waals surface area contributed by atoms with Gasteiger partial charge in [0.1, 0.15) is 18.1 Å². The number of imide groups is 2. The lowest BCUT2D eigenvalue weighted by atomic mass is 9.93. The van der Waals surface area contributed by atoms with Crippen LogP contribution in [0.1, 0.15) is 52.8 Å². The van der Waals surface area contributed by atoms with Crippen LogP contribution in [0.3, 0.4) is 0 Å². The third-order valence-corrected chi connectivity index (χ3v) is 8.90. The van der Waals surface area contributed by atoms with Crippen LogP contribution in [0.4, 0.5) is 17.2 Å². The second-order valence-corrected chi connectivity index (χ2v) is 11.4. The number of carbonyl (C=O) groups excluding carboxylic acids is 4. The zero-order valence-corrected chi connectivity index (χ0v) is 23.2. The Kier molecular flexibility index (Phi) is 7.58. The van der Waals surface area contributed by atoms with Crippen molar-refractivity contribution in [2.45, 2.75) is 38.1 Å². The number of piperazine rings is 1. The molecule has 0 aliphatic carbocycles. The summed E-state index contributed by atoms with van der Waals surface area (Å²) in [5.41, 5.74) is 1.49. The molecule has 3 fully saturated rings. The van der Waals surface area contributed by atoms with Gasteiger partial charge in [0, 0.05) is 57.4 Å². The van der Waals surface area contributed by atoms with E-state index in [0.717, 1.165) is 81.5 Å². The molecule has 1 aromatic heterocycles. The summed E-state index contributed by atoms with van der Waals surface area (Å²) in [5, 5.41) is 13.1. The smallest absolute Gasteiger partial charge is 0.287 e. The topological polar surface area (TPSA) is 149 Å². The maximum absolute atomic E-state index is 13.2. The standard InChI is InChI=1S/C29H33N7O6/c37-26-6-4-24(27(38)31-26)35-28(39)22-3-1-20(17-23(22)29(35)40)33-15-13-32(14-16-33)10-7-19-8-11-34(12-9-19)25-5-2-21(18-30-25)36(41)42/h1-3,5,17-19,24H,4,6-16H2,(H,31,37,38). The van der Waals surface area contributed by atoms with Crippen molar-refractivity contribution >= 4 is 40.8 Å². The molecule has 3 saturated heterocycles. The number of carbonyl (C=O) groups is 4. The van der Waals surface area contributed by atoms with Gasteiger partial charge in [0.05, 0.1) is 16.1 Å². The van der Waals surface area contributed by atoms with Crippen LogP contribution in [0, 0.1) is 16.0 Å². The van der Waals surface area contributed by atoms with Gasteiger partial charge in [0.15, 0.2) is 0 Å². The van der Waals surface area contributed by atoms with Crippen LogP contribution in [0.2, 0.25) is 0 Å². The van der Waals surface area contributed by atoms with Gasteiger partial charge >= 0.3 is 0 Å². The highest BCUT2D eigenvalue weighted by Crippen LogP contribution is 2.31. The van der Waals surface area contributed by atoms with Crippen molar-refractivity contribution in [2.75, 3.05) is 55.6 Å². The lowest BCUT2D eigenvalue weighted by molar-refractivity contribution is -0.385. The molecule has 1 atom stereocenters. The first kappa shape index (κ1) is 27.8. The lowest BCUT2D eigenvalue weighted by Crippen LogP contribution is -2.54. The molecular formula is C29H33N7O6. The maximum atomic E-state index is 13.2. The van der Waals surface area contributed by atoms with E-state index < -0.39 is 34.6 Å². The molecule has 4 aliphatic rings. The second-order valence-electron chi connectivity index (χ2n) is 11.4. The fourth-order valence-corrected chi connectivity index (χ4v) is 6.37. The molecule has 0 bridgehead atoms. The number of nitrogens with zero attached hydrogens (tertiary/aromatic N) is 6. The first-order valence-corrected chi connectivity index (χ1v) is 14.5. The molecule has 1 N–H and O–H groups in total.